The van der Waals surface area contributed by atoms with Gasteiger partial charge in [0.15, 0.2) is 6.29 Å². The van der Waals surface area contributed by atoms with Crippen LogP contribution in [0.15, 0.2) is 61.4 Å². The second-order valence-electron chi connectivity index (χ2n) is 5.07. The summed E-state index contributed by atoms with van der Waals surface area (Å²) in [5, 5.41) is 10.2. The molecule has 0 aliphatic heterocycles. The van der Waals surface area contributed by atoms with Gasteiger partial charge >= 0.3 is 28.5 Å². The molecule has 0 aliphatic carbocycles. The van der Waals surface area contributed by atoms with E-state index in [4.69, 9.17) is 14.1 Å². The Kier molecular flexibility index (Phi) is 12.2. The number of aromatic nitrogens is 4. The number of nitrogens with zero attached hydrogens (tertiary/aromatic N) is 4. The summed E-state index contributed by atoms with van der Waals surface area (Å²) in [5.41, 5.74) is 1.78. The van der Waals surface area contributed by atoms with Gasteiger partial charge < -0.3 is 5.11 Å². The van der Waals surface area contributed by atoms with Crippen molar-refractivity contribution < 1.29 is 38.6 Å². The fourth-order valence-electron chi connectivity index (χ4n) is 1.96. The van der Waals surface area contributed by atoms with Crippen LogP contribution in [0.4, 0.5) is 0 Å². The zero-order valence-corrected chi connectivity index (χ0v) is 19.4. The topological polar surface area (TPSA) is 140 Å². The molecule has 4 aromatic rings. The molecule has 0 aliphatic rings. The summed E-state index contributed by atoms with van der Waals surface area (Å²) in [4.78, 5) is 37.9. The Morgan fingerprint density at radius 1 is 1.00 bits per heavy atom. The van der Waals surface area contributed by atoms with E-state index in [1.165, 1.54) is 17.5 Å². The van der Waals surface area contributed by atoms with Crippen LogP contribution >= 0.6 is 22.7 Å². The molecule has 4 heterocycles. The van der Waals surface area contributed by atoms with E-state index in [-0.39, 0.29) is 4.88 Å². The van der Waals surface area contributed by atoms with Crippen LogP contribution in [-0.2, 0) is 22.5 Å². The summed E-state index contributed by atoms with van der Waals surface area (Å²) in [6, 6.07) is 7.40. The first-order valence-corrected chi connectivity index (χ1v) is 11.2. The summed E-state index contributed by atoms with van der Waals surface area (Å²) in [5.74, 6) is -0.947. The molecule has 167 valence electrons. The van der Waals surface area contributed by atoms with Gasteiger partial charge in [-0.3, -0.25) is 14.8 Å². The molecule has 0 amide bonds. The number of rotatable bonds is 4. The molecule has 0 radical (unpaired) electrons. The van der Waals surface area contributed by atoms with Crippen LogP contribution < -0.4 is 0 Å². The molecule has 0 atom stereocenters. The van der Waals surface area contributed by atoms with E-state index in [0.717, 1.165) is 33.8 Å². The second-order valence-corrected chi connectivity index (χ2v) is 7.36. The van der Waals surface area contributed by atoms with Crippen LogP contribution in [0, 0.1) is 0 Å². The number of carboxylic acids is 1. The third-order valence-corrected chi connectivity index (χ3v) is 5.18. The minimum atomic E-state index is -1.44. The standard InChI is InChI=1S/C9H6N2O2S.C9H6N2OS.C2H6.Mn.2O/c12-9(13)7-5-11-8(14-7)6-2-1-3-10-4-6;12-6-8-5-11-9(13-8)7-2-1-3-10-4-7;1-2;;;/h1-5H,(H,12,13);1-6H;1-2H3;;;/i;;1D;;;. The Morgan fingerprint density at radius 3 is 1.88 bits per heavy atom. The molecule has 0 saturated heterocycles. The molecule has 1 N–H and O–H groups in total. The average Bonchev–Trinajstić information content (AvgIpc) is 3.52. The van der Waals surface area contributed by atoms with Gasteiger partial charge in [-0.2, -0.15) is 0 Å². The molecular formula is C20H18MnN4O5S2. The number of aldehydes is 1. The quantitative estimate of drug-likeness (QED) is 0.303. The van der Waals surface area contributed by atoms with E-state index in [1.54, 1.807) is 44.0 Å². The van der Waals surface area contributed by atoms with Gasteiger partial charge in [0.2, 0.25) is 0 Å². The van der Waals surface area contributed by atoms with Crippen LogP contribution in [0.3, 0.4) is 0 Å². The number of aromatic carboxylic acids is 1. The van der Waals surface area contributed by atoms with Crippen LogP contribution in [-0.4, -0.2) is 37.3 Å². The van der Waals surface area contributed by atoms with Crippen molar-refractivity contribution in [2.24, 2.45) is 0 Å². The third-order valence-electron chi connectivity index (χ3n) is 3.17. The van der Waals surface area contributed by atoms with Crippen molar-refractivity contribution in [3.63, 3.8) is 0 Å². The van der Waals surface area contributed by atoms with Gasteiger partial charge in [0.1, 0.15) is 14.9 Å². The van der Waals surface area contributed by atoms with E-state index < -0.39 is 20.8 Å². The van der Waals surface area contributed by atoms with Crippen molar-refractivity contribution in [2.75, 3.05) is 0 Å². The minimum absolute atomic E-state index is 0.240. The number of hydrogen-bond acceptors (Lipinski definition) is 10. The van der Waals surface area contributed by atoms with E-state index in [0.29, 0.717) is 16.8 Å². The number of hydrogen-bond donors (Lipinski definition) is 1. The zero-order chi connectivity index (χ0) is 24.5. The molecule has 4 aromatic heterocycles. The van der Waals surface area contributed by atoms with Gasteiger partial charge in [-0.25, -0.2) is 14.8 Å². The Morgan fingerprint density at radius 2 is 1.50 bits per heavy atom. The van der Waals surface area contributed by atoms with Gasteiger partial charge in [0.05, 0.1) is 11.1 Å². The summed E-state index contributed by atoms with van der Waals surface area (Å²) in [7, 11) is 0. The molecule has 0 saturated carbocycles. The van der Waals surface area contributed by atoms with Gasteiger partial charge in [0, 0.05) is 43.5 Å². The van der Waals surface area contributed by atoms with Crippen LogP contribution in [0.2, 0.25) is 0 Å². The van der Waals surface area contributed by atoms with E-state index >= 15 is 0 Å². The van der Waals surface area contributed by atoms with Crippen molar-refractivity contribution in [3.8, 4) is 21.1 Å². The van der Waals surface area contributed by atoms with E-state index in [9.17, 15) is 9.59 Å². The second kappa shape index (κ2) is 15.6. The first-order valence-electron chi connectivity index (χ1n) is 9.30. The molecule has 12 heteroatoms. The molecule has 32 heavy (non-hydrogen) atoms. The Bertz CT molecular complexity index is 1150. The number of carbonyl (C=O) groups is 2. The number of carboxylic acid groups (broad SMARTS) is 1. The van der Waals surface area contributed by atoms with Gasteiger partial charge in [0.25, 0.3) is 0 Å². The fourth-order valence-corrected chi connectivity index (χ4v) is 3.43. The number of carbonyl (C=O) groups excluding carboxylic acids is 1. The molecule has 0 spiro atoms. The van der Waals surface area contributed by atoms with E-state index in [1.807, 2.05) is 18.2 Å². The van der Waals surface area contributed by atoms with Crippen LogP contribution in [0.1, 0.15) is 34.5 Å². The maximum atomic E-state index is 10.6. The normalized spacial score (nSPS) is 9.34. The Hall–Kier alpha value is -3.18. The number of thiazole rings is 2. The molecule has 0 aromatic carbocycles. The molecule has 0 fully saturated rings. The van der Waals surface area contributed by atoms with Crippen molar-refractivity contribution >= 4 is 34.9 Å². The average molecular weight is 514 g/mol. The van der Waals surface area contributed by atoms with Gasteiger partial charge in [-0.15, -0.1) is 22.7 Å². The van der Waals surface area contributed by atoms with Crippen LogP contribution in [0.25, 0.3) is 21.1 Å². The van der Waals surface area contributed by atoms with Crippen molar-refractivity contribution in [3.05, 3.63) is 71.2 Å². The van der Waals surface area contributed by atoms with Crippen molar-refractivity contribution in [2.45, 2.75) is 13.8 Å². The van der Waals surface area contributed by atoms with Crippen molar-refractivity contribution in [1.29, 1.82) is 0 Å². The van der Waals surface area contributed by atoms with Crippen molar-refractivity contribution in [1.82, 2.24) is 19.9 Å². The Labute approximate surface area is 199 Å². The predicted molar refractivity (Wildman–Crippen MR) is 116 cm³/mol. The van der Waals surface area contributed by atoms with Gasteiger partial charge in [-0.05, 0) is 24.3 Å². The Balaban J connectivity index is 0.000000268. The molecular weight excluding hydrogens is 495 g/mol. The molecule has 0 unspecified atom stereocenters. The predicted octanol–water partition coefficient (Wildman–Crippen LogP) is 4.71. The van der Waals surface area contributed by atoms with Gasteiger partial charge in [-0.1, -0.05) is 13.8 Å². The molecule has 9 nitrogen and oxygen atoms in total. The molecule has 4 rings (SSSR count). The first kappa shape index (κ1) is 25.1. The summed E-state index contributed by atoms with van der Waals surface area (Å²) in [6.07, 6.45) is 10.5. The maximum absolute atomic E-state index is 10.6. The SMILES string of the molecule is O=C(O)c1cnc(-c2cccnc2)s1.O=Cc1cnc(-c2cccnc2)s1.[2H]CC.[O]=[Mn]=[O]. The summed E-state index contributed by atoms with van der Waals surface area (Å²) in [6.45, 7) is 2.29. The monoisotopic (exact) mass is 514 g/mol. The van der Waals surface area contributed by atoms with E-state index in [2.05, 4.69) is 19.9 Å². The first-order chi connectivity index (χ1) is 16.0. The summed E-state index contributed by atoms with van der Waals surface area (Å²) < 4.78 is 23.0. The molecule has 0 bridgehead atoms. The zero-order valence-electron chi connectivity index (χ0n) is 17.6. The summed E-state index contributed by atoms with van der Waals surface area (Å²) >= 11 is 1.07. The van der Waals surface area contributed by atoms with Crippen LogP contribution in [0.5, 0.6) is 0 Å². The fraction of sp³-hybridized carbons (Fsp3) is 0.100. The number of pyridine rings is 2. The third kappa shape index (κ3) is 8.90.